The molecule has 2 heterocycles. The summed E-state index contributed by atoms with van der Waals surface area (Å²) in [5, 5.41) is 7.63. The number of carbonyl (C=O) groups excluding carboxylic acids is 2. The Labute approximate surface area is 176 Å². The second-order valence-electron chi connectivity index (χ2n) is 8.67. The molecule has 154 valence electrons. The molecule has 0 saturated carbocycles. The molecular formula is C24H26N4O2. The molecule has 1 aliphatic heterocycles. The molecule has 0 spiro atoms. The molecule has 30 heavy (non-hydrogen) atoms. The van der Waals surface area contributed by atoms with Crippen LogP contribution < -0.4 is 5.32 Å². The number of nitrogens with zero attached hydrogens (tertiary/aromatic N) is 3. The van der Waals surface area contributed by atoms with Gasteiger partial charge in [-0.3, -0.25) is 14.3 Å². The summed E-state index contributed by atoms with van der Waals surface area (Å²) in [7, 11) is 1.89. The molecular weight excluding hydrogens is 376 g/mol. The van der Waals surface area contributed by atoms with Crippen LogP contribution in [0.2, 0.25) is 0 Å². The van der Waals surface area contributed by atoms with Crippen LogP contribution in [-0.4, -0.2) is 32.0 Å². The zero-order chi connectivity index (χ0) is 21.5. The highest BCUT2D eigenvalue weighted by atomic mass is 16.2. The Morgan fingerprint density at radius 1 is 1.07 bits per heavy atom. The van der Waals surface area contributed by atoms with Crippen LogP contribution in [0, 0.1) is 0 Å². The third-order valence-corrected chi connectivity index (χ3v) is 5.14. The van der Waals surface area contributed by atoms with Gasteiger partial charge in [-0.15, -0.1) is 0 Å². The van der Waals surface area contributed by atoms with Gasteiger partial charge in [-0.25, -0.2) is 0 Å². The second kappa shape index (κ2) is 7.44. The van der Waals surface area contributed by atoms with Crippen LogP contribution in [0.5, 0.6) is 0 Å². The van der Waals surface area contributed by atoms with Crippen molar-refractivity contribution in [3.05, 3.63) is 77.5 Å². The van der Waals surface area contributed by atoms with Crippen LogP contribution >= 0.6 is 0 Å². The molecule has 6 nitrogen and oxygen atoms in total. The number of rotatable bonds is 4. The smallest absolute Gasteiger partial charge is 0.255 e. The molecule has 1 aromatic heterocycles. The summed E-state index contributed by atoms with van der Waals surface area (Å²) >= 11 is 0. The van der Waals surface area contributed by atoms with Crippen molar-refractivity contribution < 1.29 is 9.59 Å². The van der Waals surface area contributed by atoms with E-state index in [0.717, 1.165) is 22.5 Å². The van der Waals surface area contributed by atoms with Gasteiger partial charge in [0, 0.05) is 18.2 Å². The van der Waals surface area contributed by atoms with Crippen molar-refractivity contribution in [1.29, 1.82) is 0 Å². The van der Waals surface area contributed by atoms with Crippen molar-refractivity contribution in [3.8, 4) is 11.3 Å². The van der Waals surface area contributed by atoms with Gasteiger partial charge in [0.1, 0.15) is 6.04 Å². The first-order valence-corrected chi connectivity index (χ1v) is 10.0. The van der Waals surface area contributed by atoms with Crippen LogP contribution in [0.3, 0.4) is 0 Å². The molecule has 4 rings (SSSR count). The van der Waals surface area contributed by atoms with Gasteiger partial charge in [-0.05, 0) is 44.0 Å². The Balaban J connectivity index is 1.67. The molecule has 1 unspecified atom stereocenters. The SMILES string of the molecule is Cn1nc(CN2C(=O)c3ccccc3C2C(=O)NC(C)(C)C)cc1-c1ccccc1. The van der Waals surface area contributed by atoms with E-state index in [9.17, 15) is 9.59 Å². The molecule has 2 amide bonds. The van der Waals surface area contributed by atoms with Crippen LogP contribution in [-0.2, 0) is 18.4 Å². The molecule has 0 bridgehead atoms. The summed E-state index contributed by atoms with van der Waals surface area (Å²) in [6, 6.07) is 18.6. The first-order valence-electron chi connectivity index (χ1n) is 10.0. The lowest BCUT2D eigenvalue weighted by Crippen LogP contribution is -2.46. The minimum atomic E-state index is -0.671. The van der Waals surface area contributed by atoms with E-state index < -0.39 is 11.6 Å². The summed E-state index contributed by atoms with van der Waals surface area (Å²) in [5.74, 6) is -0.327. The fourth-order valence-electron chi connectivity index (χ4n) is 3.91. The summed E-state index contributed by atoms with van der Waals surface area (Å²) in [4.78, 5) is 27.9. The second-order valence-corrected chi connectivity index (χ2v) is 8.67. The summed E-state index contributed by atoms with van der Waals surface area (Å²) in [6.07, 6.45) is 0. The highest BCUT2D eigenvalue weighted by Gasteiger charge is 2.42. The lowest BCUT2D eigenvalue weighted by atomic mass is 10.0. The fourth-order valence-corrected chi connectivity index (χ4v) is 3.91. The van der Waals surface area contributed by atoms with Crippen molar-refractivity contribution >= 4 is 11.8 Å². The summed E-state index contributed by atoms with van der Waals surface area (Å²) in [6.45, 7) is 6.06. The molecule has 1 aliphatic rings. The predicted molar refractivity (Wildman–Crippen MR) is 116 cm³/mol. The number of amides is 2. The van der Waals surface area contributed by atoms with Crippen LogP contribution in [0.15, 0.2) is 60.7 Å². The van der Waals surface area contributed by atoms with Crippen molar-refractivity contribution in [1.82, 2.24) is 20.0 Å². The van der Waals surface area contributed by atoms with Crippen molar-refractivity contribution in [3.63, 3.8) is 0 Å². The maximum atomic E-state index is 13.2. The number of nitrogens with one attached hydrogen (secondary N) is 1. The van der Waals surface area contributed by atoms with E-state index >= 15 is 0 Å². The summed E-state index contributed by atoms with van der Waals surface area (Å²) in [5.41, 5.74) is 3.68. The average molecular weight is 402 g/mol. The van der Waals surface area contributed by atoms with E-state index in [1.54, 1.807) is 11.0 Å². The summed E-state index contributed by atoms with van der Waals surface area (Å²) < 4.78 is 1.81. The Kier molecular flexibility index (Phi) is 4.94. The van der Waals surface area contributed by atoms with Crippen LogP contribution in [0.4, 0.5) is 0 Å². The number of fused-ring (bicyclic) bond motifs is 1. The van der Waals surface area contributed by atoms with Gasteiger partial charge in [0.15, 0.2) is 0 Å². The molecule has 0 aliphatic carbocycles. The third-order valence-electron chi connectivity index (χ3n) is 5.14. The number of hydrogen-bond acceptors (Lipinski definition) is 3. The van der Waals surface area contributed by atoms with Gasteiger partial charge in [0.2, 0.25) is 5.91 Å². The number of aryl methyl sites for hydroxylation is 1. The lowest BCUT2D eigenvalue weighted by Gasteiger charge is -2.28. The standard InChI is InChI=1S/C24H26N4O2/c1-24(2,3)25-22(29)21-18-12-8-9-13-19(18)23(30)28(21)15-17-14-20(27(4)26-17)16-10-6-5-7-11-16/h5-14,21H,15H2,1-4H3,(H,25,29). The topological polar surface area (TPSA) is 67.2 Å². The number of benzene rings is 2. The molecule has 1 N–H and O–H groups in total. The van der Waals surface area contributed by atoms with E-state index in [0.29, 0.717) is 5.56 Å². The van der Waals surface area contributed by atoms with Gasteiger partial charge in [0.05, 0.1) is 17.9 Å². The monoisotopic (exact) mass is 402 g/mol. The average Bonchev–Trinajstić information content (AvgIpc) is 3.19. The van der Waals surface area contributed by atoms with E-state index in [-0.39, 0.29) is 18.4 Å². The van der Waals surface area contributed by atoms with Gasteiger partial charge in [-0.1, -0.05) is 48.5 Å². The van der Waals surface area contributed by atoms with E-state index in [4.69, 9.17) is 0 Å². The van der Waals surface area contributed by atoms with E-state index in [1.165, 1.54) is 0 Å². The predicted octanol–water partition coefficient (Wildman–Crippen LogP) is 3.70. The Hall–Kier alpha value is -3.41. The molecule has 2 aromatic carbocycles. The first kappa shape index (κ1) is 19.9. The molecule has 3 aromatic rings. The molecule has 0 fully saturated rings. The molecule has 6 heteroatoms. The zero-order valence-corrected chi connectivity index (χ0v) is 17.7. The first-order chi connectivity index (χ1) is 14.2. The van der Waals surface area contributed by atoms with Crippen LogP contribution in [0.1, 0.15) is 48.4 Å². The maximum absolute atomic E-state index is 13.2. The molecule has 0 saturated heterocycles. The van der Waals surface area contributed by atoms with E-state index in [1.807, 2.05) is 87.1 Å². The Morgan fingerprint density at radius 2 is 1.73 bits per heavy atom. The van der Waals surface area contributed by atoms with Gasteiger partial charge in [-0.2, -0.15) is 5.10 Å². The minimum absolute atomic E-state index is 0.147. The highest BCUT2D eigenvalue weighted by molar-refractivity contribution is 6.04. The largest absolute Gasteiger partial charge is 0.349 e. The van der Waals surface area contributed by atoms with Crippen molar-refractivity contribution in [2.75, 3.05) is 0 Å². The lowest BCUT2D eigenvalue weighted by molar-refractivity contribution is -0.127. The van der Waals surface area contributed by atoms with Gasteiger partial charge < -0.3 is 10.2 Å². The number of aromatic nitrogens is 2. The van der Waals surface area contributed by atoms with Gasteiger partial charge in [0.25, 0.3) is 5.91 Å². The third kappa shape index (κ3) is 3.73. The van der Waals surface area contributed by atoms with E-state index in [2.05, 4.69) is 10.4 Å². The minimum Gasteiger partial charge on any atom is -0.349 e. The molecule has 0 radical (unpaired) electrons. The zero-order valence-electron chi connectivity index (χ0n) is 17.7. The normalized spacial score (nSPS) is 15.9. The van der Waals surface area contributed by atoms with Crippen LogP contribution in [0.25, 0.3) is 11.3 Å². The number of carbonyl (C=O) groups is 2. The molecule has 1 atom stereocenters. The Bertz CT molecular complexity index is 1100. The van der Waals surface area contributed by atoms with Crippen molar-refractivity contribution in [2.45, 2.75) is 38.9 Å². The van der Waals surface area contributed by atoms with Crippen molar-refractivity contribution in [2.24, 2.45) is 7.05 Å². The maximum Gasteiger partial charge on any atom is 0.255 e. The highest BCUT2D eigenvalue weighted by Crippen LogP contribution is 2.35. The fraction of sp³-hybridized carbons (Fsp3) is 0.292. The Morgan fingerprint density at radius 3 is 2.43 bits per heavy atom. The van der Waals surface area contributed by atoms with Gasteiger partial charge >= 0.3 is 0 Å². The number of hydrogen-bond donors (Lipinski definition) is 1. The quantitative estimate of drug-likeness (QED) is 0.724.